The molecule has 12 heteroatoms. The first-order chi connectivity index (χ1) is 18.7. The third-order valence-corrected chi connectivity index (χ3v) is 6.84. The van der Waals surface area contributed by atoms with Crippen LogP contribution in [0.3, 0.4) is 0 Å². The molecule has 0 saturated carbocycles. The molecule has 210 valence electrons. The molecule has 1 amide bonds. The average molecular weight is 544 g/mol. The largest absolute Gasteiger partial charge is 0.444 e. The lowest BCUT2D eigenvalue weighted by molar-refractivity contribution is 0.0188. The summed E-state index contributed by atoms with van der Waals surface area (Å²) in [4.78, 5) is 29.8. The standard InChI is InChI=1S/C27H35F2N7O3/c1-27(2,3)39-26(37)35-10-8-18(9-11-35)17-30-21-16-22(33-25(32-21)34-12-14-38-15-13-34)36-20-7-5-4-6-19(20)31-24(36)23(28)29/h4-7,16,18,23H,8-15,17H2,1-3H3,(H,30,32,33). The van der Waals surface area contributed by atoms with Crippen molar-refractivity contribution in [3.63, 3.8) is 0 Å². The predicted octanol–water partition coefficient (Wildman–Crippen LogP) is 4.65. The minimum Gasteiger partial charge on any atom is -0.444 e. The van der Waals surface area contributed by atoms with Crippen LogP contribution in [0.5, 0.6) is 0 Å². The number of hydrogen-bond acceptors (Lipinski definition) is 8. The highest BCUT2D eigenvalue weighted by Gasteiger charge is 2.27. The second kappa shape index (κ2) is 11.3. The number of fused-ring (bicyclic) bond motifs is 1. The number of rotatable bonds is 6. The molecule has 4 heterocycles. The number of carbonyl (C=O) groups is 1. The molecular formula is C27H35F2N7O3. The predicted molar refractivity (Wildman–Crippen MR) is 144 cm³/mol. The highest BCUT2D eigenvalue weighted by Crippen LogP contribution is 2.29. The van der Waals surface area contributed by atoms with Crippen molar-refractivity contribution in [3.05, 3.63) is 36.2 Å². The van der Waals surface area contributed by atoms with E-state index in [1.807, 2.05) is 25.7 Å². The van der Waals surface area contributed by atoms with Crippen LogP contribution >= 0.6 is 0 Å². The SMILES string of the molecule is CC(C)(C)OC(=O)N1CCC(CNc2cc(-n3c(C(F)F)nc4ccccc43)nc(N3CCOCC3)n2)CC1. The fourth-order valence-corrected chi connectivity index (χ4v) is 4.86. The molecule has 1 aromatic carbocycles. The Balaban J connectivity index is 1.37. The maximum atomic E-state index is 14.1. The van der Waals surface area contributed by atoms with Crippen molar-refractivity contribution < 1.29 is 23.0 Å². The lowest BCUT2D eigenvalue weighted by Gasteiger charge is -2.33. The Morgan fingerprint density at radius 2 is 1.82 bits per heavy atom. The van der Waals surface area contributed by atoms with Gasteiger partial charge in [0.25, 0.3) is 6.43 Å². The van der Waals surface area contributed by atoms with Crippen molar-refractivity contribution >= 4 is 28.9 Å². The Labute approximate surface area is 226 Å². The van der Waals surface area contributed by atoms with Crippen LogP contribution in [0.1, 0.15) is 45.9 Å². The quantitative estimate of drug-likeness (QED) is 0.480. The molecule has 0 spiro atoms. The van der Waals surface area contributed by atoms with Gasteiger partial charge < -0.3 is 24.6 Å². The Bertz CT molecular complexity index is 1300. The third kappa shape index (κ3) is 6.38. The van der Waals surface area contributed by atoms with Crippen molar-refractivity contribution in [3.8, 4) is 5.82 Å². The molecule has 1 N–H and O–H groups in total. The summed E-state index contributed by atoms with van der Waals surface area (Å²) in [5.74, 6) is 1.30. The summed E-state index contributed by atoms with van der Waals surface area (Å²) >= 11 is 0. The third-order valence-electron chi connectivity index (χ3n) is 6.84. The zero-order valence-corrected chi connectivity index (χ0v) is 22.6. The Morgan fingerprint density at radius 3 is 2.51 bits per heavy atom. The number of piperidine rings is 1. The number of hydrogen-bond donors (Lipinski definition) is 1. The van der Waals surface area contributed by atoms with Gasteiger partial charge >= 0.3 is 6.09 Å². The van der Waals surface area contributed by atoms with E-state index in [1.54, 1.807) is 35.2 Å². The van der Waals surface area contributed by atoms with Gasteiger partial charge in [0, 0.05) is 38.8 Å². The molecule has 2 aliphatic heterocycles. The zero-order chi connectivity index (χ0) is 27.6. The van der Waals surface area contributed by atoms with Crippen LogP contribution in [-0.4, -0.2) is 82.1 Å². The molecule has 0 unspecified atom stereocenters. The minimum atomic E-state index is -2.77. The summed E-state index contributed by atoms with van der Waals surface area (Å²) in [5, 5.41) is 3.41. The number of alkyl halides is 2. The van der Waals surface area contributed by atoms with E-state index in [0.29, 0.717) is 80.5 Å². The number of nitrogens with one attached hydrogen (secondary N) is 1. The van der Waals surface area contributed by atoms with E-state index in [2.05, 4.69) is 10.3 Å². The van der Waals surface area contributed by atoms with Crippen molar-refractivity contribution in [2.45, 2.75) is 45.6 Å². The summed E-state index contributed by atoms with van der Waals surface area (Å²) in [6, 6.07) is 8.73. The topological polar surface area (TPSA) is 97.6 Å². The van der Waals surface area contributed by atoms with Crippen molar-refractivity contribution in [2.24, 2.45) is 5.92 Å². The molecule has 2 aromatic heterocycles. The maximum Gasteiger partial charge on any atom is 0.410 e. The lowest BCUT2D eigenvalue weighted by Crippen LogP contribution is -2.42. The fraction of sp³-hybridized carbons (Fsp3) is 0.556. The number of carbonyl (C=O) groups excluding carboxylic acids is 1. The average Bonchev–Trinajstić information content (AvgIpc) is 3.32. The van der Waals surface area contributed by atoms with E-state index in [9.17, 15) is 13.6 Å². The second-order valence-corrected chi connectivity index (χ2v) is 10.9. The van der Waals surface area contributed by atoms with Gasteiger partial charge in [0.05, 0.1) is 24.2 Å². The van der Waals surface area contributed by atoms with E-state index in [0.717, 1.165) is 12.8 Å². The lowest BCUT2D eigenvalue weighted by atomic mass is 9.97. The van der Waals surface area contributed by atoms with Gasteiger partial charge in [-0.2, -0.15) is 9.97 Å². The maximum absolute atomic E-state index is 14.1. The molecular weight excluding hydrogens is 508 g/mol. The monoisotopic (exact) mass is 543 g/mol. The number of aromatic nitrogens is 4. The van der Waals surface area contributed by atoms with Crippen LogP contribution in [0.2, 0.25) is 0 Å². The highest BCUT2D eigenvalue weighted by molar-refractivity contribution is 5.78. The number of ether oxygens (including phenoxy) is 2. The number of imidazole rings is 1. The van der Waals surface area contributed by atoms with Gasteiger partial charge in [-0.05, 0) is 51.7 Å². The first-order valence-corrected chi connectivity index (χ1v) is 13.4. The second-order valence-electron chi connectivity index (χ2n) is 10.9. The molecule has 2 saturated heterocycles. The van der Waals surface area contributed by atoms with Crippen LogP contribution in [0.15, 0.2) is 30.3 Å². The van der Waals surface area contributed by atoms with Gasteiger partial charge in [-0.15, -0.1) is 0 Å². The zero-order valence-electron chi connectivity index (χ0n) is 22.6. The first kappa shape index (κ1) is 27.0. The van der Waals surface area contributed by atoms with Crippen molar-refractivity contribution in [1.29, 1.82) is 0 Å². The fourth-order valence-electron chi connectivity index (χ4n) is 4.86. The number of nitrogens with zero attached hydrogens (tertiary/aromatic N) is 6. The molecule has 0 aliphatic carbocycles. The van der Waals surface area contributed by atoms with Crippen LogP contribution < -0.4 is 10.2 Å². The Morgan fingerprint density at radius 1 is 1.10 bits per heavy atom. The number of amides is 1. The van der Waals surface area contributed by atoms with Crippen LogP contribution in [0, 0.1) is 5.92 Å². The normalized spacial score (nSPS) is 17.2. The van der Waals surface area contributed by atoms with Gasteiger partial charge in [-0.25, -0.2) is 18.6 Å². The summed E-state index contributed by atoms with van der Waals surface area (Å²) in [5.41, 5.74) is 0.508. The number of para-hydroxylation sites is 2. The number of halogens is 2. The Hall–Kier alpha value is -3.54. The van der Waals surface area contributed by atoms with Crippen LogP contribution in [0.25, 0.3) is 16.9 Å². The molecule has 10 nitrogen and oxygen atoms in total. The van der Waals surface area contributed by atoms with Gasteiger partial charge in [0.15, 0.2) is 5.82 Å². The van der Waals surface area contributed by atoms with Gasteiger partial charge in [0.1, 0.15) is 17.2 Å². The van der Waals surface area contributed by atoms with E-state index >= 15 is 0 Å². The summed E-state index contributed by atoms with van der Waals surface area (Å²) in [6.45, 7) is 9.76. The summed E-state index contributed by atoms with van der Waals surface area (Å²) in [7, 11) is 0. The Kier molecular flexibility index (Phi) is 7.83. The molecule has 2 aliphatic rings. The van der Waals surface area contributed by atoms with E-state index in [1.165, 1.54) is 4.57 Å². The molecule has 3 aromatic rings. The molecule has 0 bridgehead atoms. The van der Waals surface area contributed by atoms with Gasteiger partial charge in [0.2, 0.25) is 5.95 Å². The summed E-state index contributed by atoms with van der Waals surface area (Å²) in [6.07, 6.45) is -1.41. The van der Waals surface area contributed by atoms with Gasteiger partial charge in [-0.1, -0.05) is 12.1 Å². The van der Waals surface area contributed by atoms with Crippen molar-refractivity contribution in [1.82, 2.24) is 24.4 Å². The number of morpholine rings is 1. The van der Waals surface area contributed by atoms with Crippen LogP contribution in [-0.2, 0) is 9.47 Å². The molecule has 0 atom stereocenters. The van der Waals surface area contributed by atoms with E-state index < -0.39 is 12.0 Å². The smallest absolute Gasteiger partial charge is 0.410 e. The number of anilines is 2. The van der Waals surface area contributed by atoms with Crippen LogP contribution in [0.4, 0.5) is 25.3 Å². The van der Waals surface area contributed by atoms with Crippen molar-refractivity contribution in [2.75, 3.05) is 56.2 Å². The molecule has 39 heavy (non-hydrogen) atoms. The number of benzene rings is 1. The van der Waals surface area contributed by atoms with Gasteiger partial charge in [-0.3, -0.25) is 4.57 Å². The van der Waals surface area contributed by atoms with E-state index in [-0.39, 0.29) is 11.9 Å². The van der Waals surface area contributed by atoms with E-state index in [4.69, 9.17) is 19.4 Å². The molecule has 5 rings (SSSR count). The number of likely N-dealkylation sites (tertiary alicyclic amines) is 1. The first-order valence-electron chi connectivity index (χ1n) is 13.4. The minimum absolute atomic E-state index is 0.285. The summed E-state index contributed by atoms with van der Waals surface area (Å²) < 4.78 is 40.5. The molecule has 0 radical (unpaired) electrons. The highest BCUT2D eigenvalue weighted by atomic mass is 19.3. The molecule has 2 fully saturated rings.